The highest BCUT2D eigenvalue weighted by molar-refractivity contribution is 5.98. The predicted octanol–water partition coefficient (Wildman–Crippen LogP) is 3.28. The molecule has 0 radical (unpaired) electrons. The van der Waals surface area contributed by atoms with Crippen molar-refractivity contribution in [1.82, 2.24) is 30.3 Å². The highest BCUT2D eigenvalue weighted by atomic mass is 16.3. The Morgan fingerprint density at radius 1 is 1.20 bits per heavy atom. The molecule has 3 aliphatic rings. The highest BCUT2D eigenvalue weighted by Gasteiger charge is 2.34. The van der Waals surface area contributed by atoms with Crippen LogP contribution < -0.4 is 16.0 Å². The number of hydrogen-bond donors (Lipinski definition) is 4. The summed E-state index contributed by atoms with van der Waals surface area (Å²) in [5.41, 5.74) is 3.28. The number of allylic oxidation sites excluding steroid dienone is 3. The third-order valence-electron chi connectivity index (χ3n) is 8.18. The number of pyridine rings is 1. The lowest BCUT2D eigenvalue weighted by Gasteiger charge is -2.35. The first kappa shape index (κ1) is 27.8. The van der Waals surface area contributed by atoms with Crippen molar-refractivity contribution in [2.75, 3.05) is 18.4 Å². The van der Waals surface area contributed by atoms with Gasteiger partial charge < -0.3 is 20.6 Å². The van der Waals surface area contributed by atoms with Gasteiger partial charge in [-0.3, -0.25) is 14.8 Å². The molecule has 0 bridgehead atoms. The van der Waals surface area contributed by atoms with Gasteiger partial charge in [0.15, 0.2) is 0 Å². The minimum atomic E-state index is -0.719. The Hall–Kier alpha value is -3.76. The van der Waals surface area contributed by atoms with Gasteiger partial charge in [-0.05, 0) is 68.9 Å². The Kier molecular flexibility index (Phi) is 7.65. The van der Waals surface area contributed by atoms with E-state index in [1.54, 1.807) is 18.0 Å². The first-order chi connectivity index (χ1) is 19.0. The van der Waals surface area contributed by atoms with Crippen LogP contribution in [0.4, 0.5) is 10.6 Å². The normalized spacial score (nSPS) is 23.6. The number of rotatable bonds is 6. The smallest absolute Gasteiger partial charge is 0.323 e. The summed E-state index contributed by atoms with van der Waals surface area (Å²) in [5.74, 6) is 0.527. The van der Waals surface area contributed by atoms with Crippen molar-refractivity contribution in [2.24, 2.45) is 13.0 Å². The van der Waals surface area contributed by atoms with E-state index in [-0.39, 0.29) is 17.9 Å². The van der Waals surface area contributed by atoms with Crippen LogP contribution in [0.25, 0.3) is 6.08 Å². The zero-order valence-corrected chi connectivity index (χ0v) is 23.7. The summed E-state index contributed by atoms with van der Waals surface area (Å²) >= 11 is 0. The standard InChI is InChI=1S/C30H39N7O3/c1-20-15-22-19-36(4)35-25(22)17-24(20)33-27(38)23-7-5-6-9-30(23,3)32-18-21-8-12-31-26(16-21)34-28(39)37-13-10-29(2,40)11-14-37/h5-8,12,16-17,19-20,32,40H,9-11,13-15,18H2,1-4H3,(H,33,38)(H,31,34,39). The van der Waals surface area contributed by atoms with Gasteiger partial charge in [-0.15, -0.1) is 0 Å². The molecular formula is C30H39N7O3. The van der Waals surface area contributed by atoms with Gasteiger partial charge in [-0.2, -0.15) is 5.10 Å². The van der Waals surface area contributed by atoms with E-state index in [1.165, 1.54) is 5.56 Å². The van der Waals surface area contributed by atoms with Crippen molar-refractivity contribution >= 4 is 23.8 Å². The van der Waals surface area contributed by atoms with E-state index in [4.69, 9.17) is 0 Å². The molecule has 1 fully saturated rings. The summed E-state index contributed by atoms with van der Waals surface area (Å²) < 4.78 is 1.81. The Morgan fingerprint density at radius 2 is 1.98 bits per heavy atom. The number of piperidine rings is 1. The Labute approximate surface area is 235 Å². The van der Waals surface area contributed by atoms with Crippen LogP contribution in [0.3, 0.4) is 0 Å². The van der Waals surface area contributed by atoms with Crippen molar-refractivity contribution in [3.05, 3.63) is 70.8 Å². The topological polar surface area (TPSA) is 124 Å². The van der Waals surface area contributed by atoms with E-state index in [9.17, 15) is 14.7 Å². The molecule has 0 saturated carbocycles. The average Bonchev–Trinajstić information content (AvgIpc) is 3.26. The van der Waals surface area contributed by atoms with E-state index < -0.39 is 11.1 Å². The molecule has 3 amide bonds. The number of likely N-dealkylation sites (tertiary alicyclic amines) is 1. The quantitative estimate of drug-likeness (QED) is 0.442. The number of urea groups is 1. The minimum Gasteiger partial charge on any atom is -0.390 e. The van der Waals surface area contributed by atoms with Crippen molar-refractivity contribution in [3.63, 3.8) is 0 Å². The first-order valence-corrected chi connectivity index (χ1v) is 13.9. The minimum absolute atomic E-state index is 0.125. The maximum atomic E-state index is 13.5. The molecule has 212 valence electrons. The van der Waals surface area contributed by atoms with Crippen LogP contribution in [0.2, 0.25) is 0 Å². The lowest BCUT2D eigenvalue weighted by atomic mass is 9.83. The number of carbonyl (C=O) groups is 2. The maximum Gasteiger partial charge on any atom is 0.323 e. The van der Waals surface area contributed by atoms with E-state index >= 15 is 0 Å². The van der Waals surface area contributed by atoms with Crippen molar-refractivity contribution in [1.29, 1.82) is 0 Å². The average molecular weight is 546 g/mol. The Morgan fingerprint density at radius 3 is 2.75 bits per heavy atom. The fourth-order valence-electron chi connectivity index (χ4n) is 5.51. The van der Waals surface area contributed by atoms with E-state index in [2.05, 4.69) is 39.0 Å². The third kappa shape index (κ3) is 6.18. The van der Waals surface area contributed by atoms with Crippen LogP contribution in [0.5, 0.6) is 0 Å². The van der Waals surface area contributed by atoms with Crippen LogP contribution in [0.15, 0.2) is 54.0 Å². The number of anilines is 1. The summed E-state index contributed by atoms with van der Waals surface area (Å²) in [6.45, 7) is 7.44. The summed E-state index contributed by atoms with van der Waals surface area (Å²) in [7, 11) is 1.91. The second kappa shape index (κ2) is 11.0. The number of nitrogens with one attached hydrogen (secondary N) is 3. The van der Waals surface area contributed by atoms with Crippen molar-refractivity contribution in [2.45, 2.75) is 64.1 Å². The molecule has 2 aliphatic carbocycles. The molecule has 2 aromatic heterocycles. The number of amides is 3. The molecule has 40 heavy (non-hydrogen) atoms. The molecule has 2 unspecified atom stereocenters. The zero-order chi connectivity index (χ0) is 28.5. The van der Waals surface area contributed by atoms with Crippen LogP contribution >= 0.6 is 0 Å². The summed E-state index contributed by atoms with van der Waals surface area (Å²) in [6, 6.07) is 3.52. The lowest BCUT2D eigenvalue weighted by Crippen LogP contribution is -2.49. The fourth-order valence-corrected chi connectivity index (χ4v) is 5.51. The van der Waals surface area contributed by atoms with Gasteiger partial charge in [-0.1, -0.05) is 25.2 Å². The lowest BCUT2D eigenvalue weighted by molar-refractivity contribution is -0.117. The molecule has 3 heterocycles. The SMILES string of the molecule is CC1Cc2cn(C)nc2C=C1NC(=O)C1=CC=CCC1(C)NCc1ccnc(NC(=O)N2CCC(C)(O)CC2)c1. The van der Waals surface area contributed by atoms with Crippen LogP contribution in [-0.4, -0.2) is 60.9 Å². The Bertz CT molecular complexity index is 1380. The molecule has 0 aromatic carbocycles. The van der Waals surface area contributed by atoms with Gasteiger partial charge in [0.05, 0.1) is 11.3 Å². The van der Waals surface area contributed by atoms with Crippen molar-refractivity contribution < 1.29 is 14.7 Å². The molecule has 0 spiro atoms. The second-order valence-corrected chi connectivity index (χ2v) is 11.7. The fraction of sp³-hybridized carbons (Fsp3) is 0.467. The van der Waals surface area contributed by atoms with Crippen LogP contribution in [-0.2, 0) is 24.8 Å². The number of hydrogen-bond acceptors (Lipinski definition) is 6. The molecule has 2 aromatic rings. The third-order valence-corrected chi connectivity index (χ3v) is 8.18. The highest BCUT2D eigenvalue weighted by Crippen LogP contribution is 2.30. The molecule has 1 saturated heterocycles. The molecule has 10 heteroatoms. The van der Waals surface area contributed by atoms with E-state index in [0.29, 0.717) is 50.3 Å². The molecule has 2 atom stereocenters. The summed E-state index contributed by atoms with van der Waals surface area (Å²) in [4.78, 5) is 32.3. The Balaban J connectivity index is 1.22. The van der Waals surface area contributed by atoms with Gasteiger partial charge in [-0.25, -0.2) is 9.78 Å². The van der Waals surface area contributed by atoms with Gasteiger partial charge in [0.1, 0.15) is 5.82 Å². The second-order valence-electron chi connectivity index (χ2n) is 11.7. The monoisotopic (exact) mass is 545 g/mol. The molecule has 4 N–H and O–H groups in total. The van der Waals surface area contributed by atoms with Gasteiger partial charge in [0.2, 0.25) is 0 Å². The number of nitrogens with zero attached hydrogens (tertiary/aromatic N) is 4. The largest absolute Gasteiger partial charge is 0.390 e. The summed E-state index contributed by atoms with van der Waals surface area (Å²) in [6.07, 6.45) is 14.1. The first-order valence-electron chi connectivity index (χ1n) is 13.9. The maximum absolute atomic E-state index is 13.5. The van der Waals surface area contributed by atoms with Crippen LogP contribution in [0.1, 0.15) is 56.9 Å². The zero-order valence-electron chi connectivity index (χ0n) is 23.7. The van der Waals surface area contributed by atoms with Gasteiger partial charge in [0.25, 0.3) is 5.91 Å². The van der Waals surface area contributed by atoms with Crippen molar-refractivity contribution in [3.8, 4) is 0 Å². The van der Waals surface area contributed by atoms with E-state index in [0.717, 1.165) is 23.4 Å². The molecule has 1 aliphatic heterocycles. The molecule has 10 nitrogen and oxygen atoms in total. The number of fused-ring (bicyclic) bond motifs is 1. The van der Waals surface area contributed by atoms with E-state index in [1.807, 2.05) is 55.2 Å². The number of carbonyl (C=O) groups excluding carboxylic acids is 2. The molecular weight excluding hydrogens is 506 g/mol. The van der Waals surface area contributed by atoms with Gasteiger partial charge >= 0.3 is 6.03 Å². The predicted molar refractivity (Wildman–Crippen MR) is 154 cm³/mol. The number of aromatic nitrogens is 3. The van der Waals surface area contributed by atoms with Gasteiger partial charge in [0, 0.05) is 61.8 Å². The molecule has 5 rings (SSSR count). The van der Waals surface area contributed by atoms with Crippen LogP contribution in [0, 0.1) is 5.92 Å². The number of aliphatic hydroxyl groups is 1. The summed E-state index contributed by atoms with van der Waals surface area (Å²) in [5, 5.41) is 24.3. The number of aryl methyl sites for hydroxylation is 1.